The number of amides is 2. The molecular weight excluding hydrogens is 296 g/mol. The Morgan fingerprint density at radius 3 is 2.43 bits per heavy atom. The smallest absolute Gasteiger partial charge is 0.315 e. The van der Waals surface area contributed by atoms with Crippen LogP contribution in [0.3, 0.4) is 0 Å². The van der Waals surface area contributed by atoms with Gasteiger partial charge in [-0.1, -0.05) is 0 Å². The van der Waals surface area contributed by atoms with Crippen LogP contribution in [0.25, 0.3) is 0 Å². The summed E-state index contributed by atoms with van der Waals surface area (Å²) in [6, 6.07) is -0.321. The van der Waals surface area contributed by atoms with Gasteiger partial charge in [0.15, 0.2) is 0 Å². The molecule has 2 aliphatic heterocycles. The molecule has 0 spiro atoms. The molecule has 0 saturated carbocycles. The van der Waals surface area contributed by atoms with E-state index in [0.29, 0.717) is 50.4 Å². The van der Waals surface area contributed by atoms with E-state index in [1.165, 1.54) is 0 Å². The van der Waals surface area contributed by atoms with Gasteiger partial charge in [0.05, 0.1) is 5.41 Å². The zero-order chi connectivity index (χ0) is 15.3. The molecule has 0 aliphatic carbocycles. The first-order valence-corrected chi connectivity index (χ1v) is 8.71. The maximum Gasteiger partial charge on any atom is 0.315 e. The molecule has 0 bridgehead atoms. The fourth-order valence-electron chi connectivity index (χ4n) is 2.65. The predicted octanol–water partition coefficient (Wildman–Crippen LogP) is 0.0781. The van der Waals surface area contributed by atoms with Gasteiger partial charge in [0, 0.05) is 48.1 Å². The molecule has 7 nitrogen and oxygen atoms in total. The van der Waals surface area contributed by atoms with E-state index < -0.39 is 22.2 Å². The van der Waals surface area contributed by atoms with Crippen LogP contribution in [-0.2, 0) is 20.3 Å². The van der Waals surface area contributed by atoms with Crippen LogP contribution in [0.4, 0.5) is 4.79 Å². The van der Waals surface area contributed by atoms with Crippen molar-refractivity contribution in [2.75, 3.05) is 31.3 Å². The Labute approximate surface area is 126 Å². The molecule has 0 radical (unpaired) electrons. The summed E-state index contributed by atoms with van der Waals surface area (Å²) in [6.45, 7) is 0.921. The number of carbonyl (C=O) groups is 2. The number of hydrogen-bond acceptors (Lipinski definition) is 4. The van der Waals surface area contributed by atoms with Crippen LogP contribution in [0.15, 0.2) is 0 Å². The second-order valence-electron chi connectivity index (χ2n) is 5.65. The van der Waals surface area contributed by atoms with Crippen LogP contribution in [-0.4, -0.2) is 58.6 Å². The molecule has 2 aliphatic rings. The number of aliphatic carboxylic acids is 1. The second kappa shape index (κ2) is 7.22. The lowest BCUT2D eigenvalue weighted by molar-refractivity contribution is -0.154. The van der Waals surface area contributed by atoms with Crippen LogP contribution >= 0.6 is 0 Å². The second-order valence-corrected chi connectivity index (χ2v) is 7.34. The summed E-state index contributed by atoms with van der Waals surface area (Å²) in [5, 5.41) is 14.9. The van der Waals surface area contributed by atoms with Crippen molar-refractivity contribution >= 4 is 22.8 Å². The molecular formula is C13H22N2O5S. The molecule has 8 heteroatoms. The van der Waals surface area contributed by atoms with Crippen molar-refractivity contribution in [2.45, 2.75) is 31.7 Å². The SMILES string of the molecule is O=C(NCC1(C(=O)O)CCOCC1)NC1CCS(=O)CC1. The van der Waals surface area contributed by atoms with Crippen molar-refractivity contribution in [3.63, 3.8) is 0 Å². The summed E-state index contributed by atoms with van der Waals surface area (Å²) in [7, 11) is -0.760. The van der Waals surface area contributed by atoms with Crippen molar-refractivity contribution in [1.29, 1.82) is 0 Å². The molecule has 3 N–H and O–H groups in total. The standard InChI is InChI=1S/C13H22N2O5S/c16-11(17)13(3-5-20-6-4-13)9-14-12(18)15-10-1-7-21(19)8-2-10/h10H,1-9H2,(H,16,17)(H2,14,15,18). The third kappa shape index (κ3) is 4.41. The Morgan fingerprint density at radius 2 is 1.86 bits per heavy atom. The van der Waals surface area contributed by atoms with Gasteiger partial charge in [0.1, 0.15) is 0 Å². The summed E-state index contributed by atoms with van der Waals surface area (Å²) in [5.74, 6) is 0.335. The van der Waals surface area contributed by atoms with E-state index in [-0.39, 0.29) is 18.6 Å². The molecule has 2 saturated heterocycles. The lowest BCUT2D eigenvalue weighted by atomic mass is 9.80. The Kier molecular flexibility index (Phi) is 5.58. The highest BCUT2D eigenvalue weighted by Crippen LogP contribution is 2.30. The number of nitrogens with one attached hydrogen (secondary N) is 2. The minimum atomic E-state index is -0.927. The predicted molar refractivity (Wildman–Crippen MR) is 77.6 cm³/mol. The zero-order valence-corrected chi connectivity index (χ0v) is 12.7. The molecule has 2 heterocycles. The molecule has 0 unspecified atom stereocenters. The van der Waals surface area contributed by atoms with Gasteiger partial charge in [-0.25, -0.2) is 4.79 Å². The maximum absolute atomic E-state index is 11.9. The number of carboxylic acid groups (broad SMARTS) is 1. The fourth-order valence-corrected chi connectivity index (χ4v) is 3.95. The maximum atomic E-state index is 11.9. The van der Waals surface area contributed by atoms with E-state index >= 15 is 0 Å². The van der Waals surface area contributed by atoms with E-state index in [0.717, 1.165) is 0 Å². The van der Waals surface area contributed by atoms with Crippen LogP contribution in [0.1, 0.15) is 25.7 Å². The van der Waals surface area contributed by atoms with Gasteiger partial charge in [-0.05, 0) is 25.7 Å². The lowest BCUT2D eigenvalue weighted by Crippen LogP contribution is -2.51. The van der Waals surface area contributed by atoms with E-state index in [2.05, 4.69) is 10.6 Å². The van der Waals surface area contributed by atoms with Gasteiger partial charge in [0.2, 0.25) is 0 Å². The minimum Gasteiger partial charge on any atom is -0.481 e. The number of hydrogen-bond donors (Lipinski definition) is 3. The summed E-state index contributed by atoms with van der Waals surface area (Å²) in [5.41, 5.74) is -0.927. The highest BCUT2D eigenvalue weighted by Gasteiger charge is 2.40. The highest BCUT2D eigenvalue weighted by molar-refractivity contribution is 7.85. The number of urea groups is 1. The lowest BCUT2D eigenvalue weighted by Gasteiger charge is -2.33. The normalized spacial score (nSPS) is 28.6. The molecule has 21 heavy (non-hydrogen) atoms. The van der Waals surface area contributed by atoms with E-state index in [4.69, 9.17) is 4.74 Å². The molecule has 0 atom stereocenters. The molecule has 120 valence electrons. The molecule has 2 amide bonds. The first-order valence-electron chi connectivity index (χ1n) is 7.22. The Balaban J connectivity index is 1.79. The van der Waals surface area contributed by atoms with Crippen LogP contribution in [0.5, 0.6) is 0 Å². The van der Waals surface area contributed by atoms with E-state index in [9.17, 15) is 18.9 Å². The van der Waals surface area contributed by atoms with Gasteiger partial charge in [-0.15, -0.1) is 0 Å². The van der Waals surface area contributed by atoms with Crippen molar-refractivity contribution in [2.24, 2.45) is 5.41 Å². The van der Waals surface area contributed by atoms with Crippen LogP contribution in [0, 0.1) is 5.41 Å². The summed E-state index contributed by atoms with van der Waals surface area (Å²) in [6.07, 6.45) is 2.23. The van der Waals surface area contributed by atoms with E-state index in [1.807, 2.05) is 0 Å². The third-order valence-corrected chi connectivity index (χ3v) is 5.60. The highest BCUT2D eigenvalue weighted by atomic mass is 32.2. The quantitative estimate of drug-likeness (QED) is 0.681. The first kappa shape index (κ1) is 16.2. The molecule has 2 fully saturated rings. The Bertz CT molecular complexity index is 413. The van der Waals surface area contributed by atoms with Crippen LogP contribution in [0.2, 0.25) is 0 Å². The van der Waals surface area contributed by atoms with Gasteiger partial charge < -0.3 is 20.5 Å². The van der Waals surface area contributed by atoms with Crippen molar-refractivity contribution in [1.82, 2.24) is 10.6 Å². The summed E-state index contributed by atoms with van der Waals surface area (Å²) in [4.78, 5) is 23.3. The largest absolute Gasteiger partial charge is 0.481 e. The summed E-state index contributed by atoms with van der Waals surface area (Å²) >= 11 is 0. The molecule has 0 aromatic heterocycles. The average molecular weight is 318 g/mol. The molecule has 0 aromatic carbocycles. The van der Waals surface area contributed by atoms with Crippen molar-refractivity contribution < 1.29 is 23.6 Å². The van der Waals surface area contributed by atoms with Crippen molar-refractivity contribution in [3.05, 3.63) is 0 Å². The number of carboxylic acids is 1. The molecule has 0 aromatic rings. The van der Waals surface area contributed by atoms with Gasteiger partial charge >= 0.3 is 12.0 Å². The van der Waals surface area contributed by atoms with Gasteiger partial charge in [-0.3, -0.25) is 9.00 Å². The van der Waals surface area contributed by atoms with E-state index in [1.54, 1.807) is 0 Å². The average Bonchev–Trinajstić information content (AvgIpc) is 2.48. The minimum absolute atomic E-state index is 0.0261. The number of rotatable bonds is 4. The number of carbonyl (C=O) groups excluding carboxylic acids is 1. The number of ether oxygens (including phenoxy) is 1. The fraction of sp³-hybridized carbons (Fsp3) is 0.846. The third-order valence-electron chi connectivity index (χ3n) is 4.21. The van der Waals surface area contributed by atoms with Crippen molar-refractivity contribution in [3.8, 4) is 0 Å². The topological polar surface area (TPSA) is 105 Å². The van der Waals surface area contributed by atoms with Crippen LogP contribution < -0.4 is 10.6 Å². The Morgan fingerprint density at radius 1 is 1.24 bits per heavy atom. The zero-order valence-electron chi connectivity index (χ0n) is 11.9. The first-order chi connectivity index (χ1) is 10.0. The van der Waals surface area contributed by atoms with Gasteiger partial charge in [-0.2, -0.15) is 0 Å². The summed E-state index contributed by atoms with van der Waals surface area (Å²) < 4.78 is 16.4. The van der Waals surface area contributed by atoms with Gasteiger partial charge in [0.25, 0.3) is 0 Å². The Hall–Kier alpha value is -1.15. The molecule has 2 rings (SSSR count). The monoisotopic (exact) mass is 318 g/mol.